The number of aromatic hydroxyl groups is 1. The Labute approximate surface area is 244 Å². The predicted molar refractivity (Wildman–Crippen MR) is 158 cm³/mol. The Morgan fingerprint density at radius 3 is 2.48 bits per heavy atom. The van der Waals surface area contributed by atoms with Crippen LogP contribution in [0.2, 0.25) is 6.32 Å². The molecule has 1 aliphatic heterocycles. The van der Waals surface area contributed by atoms with Gasteiger partial charge in [0.25, 0.3) is 0 Å². The van der Waals surface area contributed by atoms with Crippen molar-refractivity contribution in [3.63, 3.8) is 0 Å². The average molecular weight is 566 g/mol. The zero-order valence-corrected chi connectivity index (χ0v) is 23.3. The van der Waals surface area contributed by atoms with Crippen molar-refractivity contribution in [1.29, 1.82) is 0 Å². The van der Waals surface area contributed by atoms with Gasteiger partial charge in [-0.25, -0.2) is 4.39 Å². The van der Waals surface area contributed by atoms with E-state index in [1.54, 1.807) is 30.3 Å². The van der Waals surface area contributed by atoms with E-state index >= 15 is 0 Å². The fourth-order valence-corrected chi connectivity index (χ4v) is 6.82. The van der Waals surface area contributed by atoms with Gasteiger partial charge >= 0.3 is 7.12 Å². The van der Waals surface area contributed by atoms with Gasteiger partial charge in [0.2, 0.25) is 0 Å². The number of fused-ring (bicyclic) bond motifs is 4. The van der Waals surface area contributed by atoms with Crippen molar-refractivity contribution in [1.82, 2.24) is 0 Å². The summed E-state index contributed by atoms with van der Waals surface area (Å²) in [5.74, 6) is -1.92. The van der Waals surface area contributed by atoms with Gasteiger partial charge in [-0.2, -0.15) is 0 Å². The van der Waals surface area contributed by atoms with E-state index in [1.807, 2.05) is 43.3 Å². The molecule has 42 heavy (non-hydrogen) atoms. The van der Waals surface area contributed by atoms with Crippen molar-refractivity contribution < 1.29 is 33.5 Å². The fraction of sp³-hybridized carbons (Fsp3) is 0.294. The maximum atomic E-state index is 13.9. The van der Waals surface area contributed by atoms with Crippen LogP contribution in [0, 0.1) is 23.6 Å². The summed E-state index contributed by atoms with van der Waals surface area (Å²) in [7, 11) is -1.07. The summed E-state index contributed by atoms with van der Waals surface area (Å²) in [6, 6.07) is 20.7. The molecule has 3 aromatic carbocycles. The fourth-order valence-electron chi connectivity index (χ4n) is 6.82. The normalized spacial score (nSPS) is 23.8. The number of carbonyl (C=O) groups is 2. The van der Waals surface area contributed by atoms with Gasteiger partial charge in [0.1, 0.15) is 12.4 Å². The summed E-state index contributed by atoms with van der Waals surface area (Å²) in [6.45, 7) is 2.19. The molecular formula is C34H32BFO6. The molecule has 0 saturated carbocycles. The van der Waals surface area contributed by atoms with E-state index in [4.69, 9.17) is 9.39 Å². The second kappa shape index (κ2) is 11.7. The largest absolute Gasteiger partial charge is 0.505 e. The van der Waals surface area contributed by atoms with Crippen LogP contribution in [0.1, 0.15) is 52.5 Å². The maximum Gasteiger partial charge on any atom is 0.455 e. The Hall–Kier alpha value is -4.01. The summed E-state index contributed by atoms with van der Waals surface area (Å²) in [5, 5.41) is 20.4. The summed E-state index contributed by atoms with van der Waals surface area (Å²) < 4.78 is 26.1. The van der Waals surface area contributed by atoms with Gasteiger partial charge in [0.15, 0.2) is 23.1 Å². The molecule has 0 amide bonds. The number of benzene rings is 3. The third-order valence-electron chi connectivity index (χ3n) is 8.70. The monoisotopic (exact) mass is 566 g/mol. The summed E-state index contributed by atoms with van der Waals surface area (Å²) >= 11 is 0. The van der Waals surface area contributed by atoms with E-state index in [0.29, 0.717) is 41.7 Å². The first-order valence-electron chi connectivity index (χ1n) is 14.4. The zero-order chi connectivity index (χ0) is 29.4. The van der Waals surface area contributed by atoms with Gasteiger partial charge in [0, 0.05) is 23.0 Å². The number of rotatable bonds is 7. The Bertz CT molecular complexity index is 1580. The topological polar surface area (TPSA) is 93.1 Å². The van der Waals surface area contributed by atoms with Crippen LogP contribution in [0.4, 0.5) is 4.39 Å². The SMILES string of the molecule is C/C(=C\c1ccc(O)c(F)c1)CC[C@H]1OB(O)C[C@H]2C1=C(COc1ccccc1)C[C@H]1C(=O)c3ccccc3C(=O)[C@H]12. The minimum atomic E-state index is -1.07. The molecule has 0 spiro atoms. The van der Waals surface area contributed by atoms with E-state index in [0.717, 1.165) is 16.7 Å². The molecule has 8 heteroatoms. The highest BCUT2D eigenvalue weighted by molar-refractivity contribution is 6.43. The molecule has 0 aromatic heterocycles. The predicted octanol–water partition coefficient (Wildman–Crippen LogP) is 6.30. The summed E-state index contributed by atoms with van der Waals surface area (Å²) in [4.78, 5) is 27.6. The van der Waals surface area contributed by atoms with Gasteiger partial charge in [0.05, 0.1) is 6.10 Å². The van der Waals surface area contributed by atoms with E-state index in [1.165, 1.54) is 12.1 Å². The molecule has 3 aliphatic rings. The molecule has 1 saturated heterocycles. The molecule has 3 aromatic rings. The number of hydrogen-bond acceptors (Lipinski definition) is 6. The van der Waals surface area contributed by atoms with Crippen molar-refractivity contribution in [2.45, 2.75) is 38.6 Å². The van der Waals surface area contributed by atoms with Gasteiger partial charge < -0.3 is 19.5 Å². The first-order valence-corrected chi connectivity index (χ1v) is 14.4. The van der Waals surface area contributed by atoms with E-state index in [2.05, 4.69) is 0 Å². The highest BCUT2D eigenvalue weighted by Crippen LogP contribution is 2.51. The smallest absolute Gasteiger partial charge is 0.455 e. The molecule has 6 nitrogen and oxygen atoms in total. The molecule has 1 fully saturated rings. The third-order valence-corrected chi connectivity index (χ3v) is 8.70. The van der Waals surface area contributed by atoms with Crippen LogP contribution >= 0.6 is 0 Å². The number of ketones is 2. The van der Waals surface area contributed by atoms with Crippen molar-refractivity contribution in [3.8, 4) is 11.5 Å². The first-order chi connectivity index (χ1) is 20.3. The van der Waals surface area contributed by atoms with Crippen LogP contribution in [0.3, 0.4) is 0 Å². The van der Waals surface area contributed by atoms with Crippen molar-refractivity contribution in [3.05, 3.63) is 112 Å². The minimum absolute atomic E-state index is 0.0381. The first kappa shape index (κ1) is 28.1. The van der Waals surface area contributed by atoms with Gasteiger partial charge in [-0.15, -0.1) is 0 Å². The van der Waals surface area contributed by atoms with Crippen LogP contribution in [0.5, 0.6) is 11.5 Å². The lowest BCUT2D eigenvalue weighted by Crippen LogP contribution is -2.51. The van der Waals surface area contributed by atoms with E-state index in [-0.39, 0.29) is 30.4 Å². The lowest BCUT2D eigenvalue weighted by Gasteiger charge is -2.47. The second-order valence-electron chi connectivity index (χ2n) is 11.4. The molecule has 4 atom stereocenters. The Morgan fingerprint density at radius 2 is 1.74 bits per heavy atom. The molecule has 2 N–H and O–H groups in total. The molecule has 1 heterocycles. The van der Waals surface area contributed by atoms with E-state index < -0.39 is 36.6 Å². The van der Waals surface area contributed by atoms with Crippen LogP contribution in [0.15, 0.2) is 89.5 Å². The van der Waals surface area contributed by atoms with Gasteiger partial charge in [-0.05, 0) is 79.4 Å². The zero-order valence-electron chi connectivity index (χ0n) is 23.3. The van der Waals surface area contributed by atoms with Crippen molar-refractivity contribution in [2.24, 2.45) is 17.8 Å². The van der Waals surface area contributed by atoms with Crippen molar-refractivity contribution in [2.75, 3.05) is 6.61 Å². The number of halogens is 1. The Kier molecular flexibility index (Phi) is 7.84. The standard InChI is InChI=1S/C34H32BFO6/c1-20(15-21-12-13-29(37)28(36)16-21)11-14-30-31-22(19-41-23-7-3-2-4-8-23)17-26-32(27(31)18-35(40)42-30)34(39)25-10-6-5-9-24(25)33(26)38/h2-10,12-13,15-16,26-27,30,32,37,40H,11,14,17-19H2,1H3/b20-15+/t26-,27+,30-,32-/m1/s1. The highest BCUT2D eigenvalue weighted by atomic mass is 19.1. The number of ether oxygens (including phenoxy) is 1. The molecule has 0 bridgehead atoms. The average Bonchev–Trinajstić information content (AvgIpc) is 2.99. The Morgan fingerprint density at radius 1 is 1.02 bits per heavy atom. The van der Waals surface area contributed by atoms with Gasteiger partial charge in [-0.3, -0.25) is 9.59 Å². The van der Waals surface area contributed by atoms with Crippen LogP contribution < -0.4 is 4.74 Å². The summed E-state index contributed by atoms with van der Waals surface area (Å²) in [5.41, 5.74) is 4.39. The molecule has 0 unspecified atom stereocenters. The minimum Gasteiger partial charge on any atom is -0.505 e. The number of carbonyl (C=O) groups excluding carboxylic acids is 2. The van der Waals surface area contributed by atoms with Gasteiger partial charge in [-0.1, -0.05) is 60.2 Å². The third kappa shape index (κ3) is 5.44. The maximum absolute atomic E-state index is 13.9. The molecule has 6 rings (SSSR count). The van der Waals surface area contributed by atoms with Crippen LogP contribution in [0.25, 0.3) is 6.08 Å². The quantitative estimate of drug-likeness (QED) is 0.258. The van der Waals surface area contributed by atoms with Crippen molar-refractivity contribution >= 4 is 24.8 Å². The number of Topliss-reactive ketones (excluding diaryl/α,β-unsaturated/α-hetero) is 2. The lowest BCUT2D eigenvalue weighted by molar-refractivity contribution is 0.0592. The summed E-state index contributed by atoms with van der Waals surface area (Å²) in [6.07, 6.45) is 3.10. The number of hydrogen-bond donors (Lipinski definition) is 2. The second-order valence-corrected chi connectivity index (χ2v) is 11.4. The number of para-hydroxylation sites is 1. The molecule has 2 aliphatic carbocycles. The van der Waals surface area contributed by atoms with Crippen LogP contribution in [-0.4, -0.2) is 41.5 Å². The molecular weight excluding hydrogens is 534 g/mol. The van der Waals surface area contributed by atoms with E-state index in [9.17, 15) is 24.1 Å². The number of phenols is 1. The molecule has 214 valence electrons. The van der Waals surface area contributed by atoms with Crippen LogP contribution in [-0.2, 0) is 4.65 Å². The Balaban J connectivity index is 1.33. The lowest BCUT2D eigenvalue weighted by atomic mass is 9.54. The number of phenolic OH excluding ortho intramolecular Hbond substituents is 1. The number of allylic oxidation sites excluding steroid dienone is 1. The highest BCUT2D eigenvalue weighted by Gasteiger charge is 2.53. The molecule has 0 radical (unpaired) electrons.